The Labute approximate surface area is 80.4 Å². The highest BCUT2D eigenvalue weighted by molar-refractivity contribution is 5.13. The van der Waals surface area contributed by atoms with Crippen molar-refractivity contribution in [3.63, 3.8) is 0 Å². The summed E-state index contributed by atoms with van der Waals surface area (Å²) in [6.45, 7) is 10.6. The third-order valence-electron chi connectivity index (χ3n) is 2.68. The lowest BCUT2D eigenvalue weighted by Crippen LogP contribution is -2.07. The zero-order valence-electron chi connectivity index (χ0n) is 9.13. The van der Waals surface area contributed by atoms with E-state index in [2.05, 4.69) is 30.7 Å². The van der Waals surface area contributed by atoms with Crippen molar-refractivity contribution in [1.29, 1.82) is 0 Å². The van der Waals surface area contributed by atoms with Crippen LogP contribution in [0, 0.1) is 19.8 Å². The van der Waals surface area contributed by atoms with Crippen LogP contribution in [0.25, 0.3) is 0 Å². The molecule has 1 aromatic rings. The van der Waals surface area contributed by atoms with Gasteiger partial charge in [-0.25, -0.2) is 0 Å². The van der Waals surface area contributed by atoms with Crippen molar-refractivity contribution < 1.29 is 0 Å². The highest BCUT2D eigenvalue weighted by Gasteiger charge is 2.12. The van der Waals surface area contributed by atoms with Gasteiger partial charge in [0.25, 0.3) is 0 Å². The van der Waals surface area contributed by atoms with Crippen molar-refractivity contribution in [2.24, 2.45) is 5.92 Å². The standard InChI is InChI=1S/C11H18N2/c1-7(2)8(3)11-6-12-9(4)10(5)13-11/h6-8H,1-5H3/t8-/m1/s1. The molecule has 0 bridgehead atoms. The number of rotatable bonds is 2. The molecule has 0 aromatic carbocycles. The van der Waals surface area contributed by atoms with E-state index in [1.54, 1.807) is 0 Å². The van der Waals surface area contributed by atoms with Gasteiger partial charge in [0.2, 0.25) is 0 Å². The summed E-state index contributed by atoms with van der Waals surface area (Å²) in [5.41, 5.74) is 3.18. The Morgan fingerprint density at radius 3 is 2.15 bits per heavy atom. The van der Waals surface area contributed by atoms with Crippen molar-refractivity contribution in [2.75, 3.05) is 0 Å². The maximum Gasteiger partial charge on any atom is 0.0620 e. The van der Waals surface area contributed by atoms with Crippen LogP contribution in [0.4, 0.5) is 0 Å². The molecule has 0 aliphatic rings. The van der Waals surface area contributed by atoms with Crippen molar-refractivity contribution in [3.8, 4) is 0 Å². The highest BCUT2D eigenvalue weighted by atomic mass is 14.8. The molecule has 0 amide bonds. The minimum absolute atomic E-state index is 0.492. The summed E-state index contributed by atoms with van der Waals surface area (Å²) in [5.74, 6) is 1.11. The van der Waals surface area contributed by atoms with Gasteiger partial charge in [0.1, 0.15) is 0 Å². The van der Waals surface area contributed by atoms with E-state index in [1.807, 2.05) is 20.0 Å². The second-order valence-electron chi connectivity index (χ2n) is 4.00. The fourth-order valence-electron chi connectivity index (χ4n) is 1.12. The molecule has 0 aliphatic heterocycles. The van der Waals surface area contributed by atoms with Gasteiger partial charge in [-0.2, -0.15) is 0 Å². The zero-order chi connectivity index (χ0) is 10.0. The Morgan fingerprint density at radius 1 is 1.08 bits per heavy atom. The fourth-order valence-corrected chi connectivity index (χ4v) is 1.12. The van der Waals surface area contributed by atoms with Crippen molar-refractivity contribution in [2.45, 2.75) is 40.5 Å². The van der Waals surface area contributed by atoms with Crippen LogP contribution < -0.4 is 0 Å². The molecule has 0 spiro atoms. The van der Waals surface area contributed by atoms with Crippen LogP contribution in [0.1, 0.15) is 43.8 Å². The first kappa shape index (κ1) is 10.2. The van der Waals surface area contributed by atoms with Gasteiger partial charge in [-0.05, 0) is 19.8 Å². The number of hydrogen-bond donors (Lipinski definition) is 0. The van der Waals surface area contributed by atoms with Crippen LogP contribution >= 0.6 is 0 Å². The summed E-state index contributed by atoms with van der Waals surface area (Å²) in [7, 11) is 0. The van der Waals surface area contributed by atoms with Crippen LogP contribution in [0.3, 0.4) is 0 Å². The Balaban J connectivity index is 2.97. The van der Waals surface area contributed by atoms with Crippen LogP contribution in [-0.2, 0) is 0 Å². The third kappa shape index (κ3) is 2.27. The molecule has 0 unspecified atom stereocenters. The van der Waals surface area contributed by atoms with Crippen molar-refractivity contribution in [1.82, 2.24) is 9.97 Å². The van der Waals surface area contributed by atoms with Crippen LogP contribution in [-0.4, -0.2) is 9.97 Å². The Bertz CT molecular complexity index is 292. The molecule has 1 heterocycles. The van der Waals surface area contributed by atoms with E-state index in [0.29, 0.717) is 11.8 Å². The largest absolute Gasteiger partial charge is 0.258 e. The predicted molar refractivity (Wildman–Crippen MR) is 54.8 cm³/mol. The first-order chi connectivity index (χ1) is 6.02. The Hall–Kier alpha value is -0.920. The first-order valence-corrected chi connectivity index (χ1v) is 4.82. The summed E-state index contributed by atoms with van der Waals surface area (Å²) < 4.78 is 0. The maximum absolute atomic E-state index is 4.53. The molecule has 0 fully saturated rings. The lowest BCUT2D eigenvalue weighted by molar-refractivity contribution is 0.520. The molecule has 1 aromatic heterocycles. The van der Waals surface area contributed by atoms with Gasteiger partial charge >= 0.3 is 0 Å². The molecular formula is C11H18N2. The van der Waals surface area contributed by atoms with Crippen LogP contribution in [0.5, 0.6) is 0 Å². The molecule has 0 saturated heterocycles. The third-order valence-corrected chi connectivity index (χ3v) is 2.68. The second-order valence-corrected chi connectivity index (χ2v) is 4.00. The number of nitrogens with zero attached hydrogens (tertiary/aromatic N) is 2. The topological polar surface area (TPSA) is 25.8 Å². The average Bonchev–Trinajstić information content (AvgIpc) is 2.08. The highest BCUT2D eigenvalue weighted by Crippen LogP contribution is 2.21. The van der Waals surface area contributed by atoms with E-state index in [-0.39, 0.29) is 0 Å². The maximum atomic E-state index is 4.53. The summed E-state index contributed by atoms with van der Waals surface area (Å²) in [6.07, 6.45) is 1.90. The molecule has 0 saturated carbocycles. The molecule has 1 atom stereocenters. The summed E-state index contributed by atoms with van der Waals surface area (Å²) >= 11 is 0. The average molecular weight is 178 g/mol. The molecular weight excluding hydrogens is 160 g/mol. The first-order valence-electron chi connectivity index (χ1n) is 4.82. The van der Waals surface area contributed by atoms with Crippen molar-refractivity contribution in [3.05, 3.63) is 23.3 Å². The van der Waals surface area contributed by atoms with E-state index in [4.69, 9.17) is 0 Å². The SMILES string of the molecule is Cc1ncc([C@H](C)C(C)C)nc1C. The van der Waals surface area contributed by atoms with Gasteiger partial charge in [-0.1, -0.05) is 20.8 Å². The molecule has 0 aliphatic carbocycles. The molecule has 1 rings (SSSR count). The van der Waals surface area contributed by atoms with Gasteiger partial charge in [-0.15, -0.1) is 0 Å². The number of aromatic nitrogens is 2. The van der Waals surface area contributed by atoms with Gasteiger partial charge in [0, 0.05) is 12.1 Å². The Kier molecular flexibility index (Phi) is 3.02. The zero-order valence-corrected chi connectivity index (χ0v) is 9.13. The minimum Gasteiger partial charge on any atom is -0.258 e. The van der Waals surface area contributed by atoms with Gasteiger partial charge < -0.3 is 0 Å². The molecule has 2 nitrogen and oxygen atoms in total. The van der Waals surface area contributed by atoms with Gasteiger partial charge in [0.05, 0.1) is 17.1 Å². The van der Waals surface area contributed by atoms with E-state index in [0.717, 1.165) is 17.1 Å². The van der Waals surface area contributed by atoms with Gasteiger partial charge in [0.15, 0.2) is 0 Å². The van der Waals surface area contributed by atoms with E-state index < -0.39 is 0 Å². The lowest BCUT2D eigenvalue weighted by atomic mass is 9.95. The number of aryl methyl sites for hydroxylation is 2. The summed E-state index contributed by atoms with van der Waals surface area (Å²) in [4.78, 5) is 8.85. The summed E-state index contributed by atoms with van der Waals surface area (Å²) in [5, 5.41) is 0. The quantitative estimate of drug-likeness (QED) is 0.696. The van der Waals surface area contributed by atoms with E-state index in [9.17, 15) is 0 Å². The molecule has 72 valence electrons. The van der Waals surface area contributed by atoms with Crippen LogP contribution in [0.2, 0.25) is 0 Å². The smallest absolute Gasteiger partial charge is 0.0620 e. The van der Waals surface area contributed by atoms with E-state index in [1.165, 1.54) is 0 Å². The molecule has 13 heavy (non-hydrogen) atoms. The summed E-state index contributed by atoms with van der Waals surface area (Å²) in [6, 6.07) is 0. The predicted octanol–water partition coefficient (Wildman–Crippen LogP) is 2.85. The molecule has 0 N–H and O–H groups in total. The molecule has 2 heteroatoms. The van der Waals surface area contributed by atoms with Gasteiger partial charge in [-0.3, -0.25) is 9.97 Å². The number of hydrogen-bond acceptors (Lipinski definition) is 2. The fraction of sp³-hybridized carbons (Fsp3) is 0.636. The van der Waals surface area contributed by atoms with E-state index >= 15 is 0 Å². The van der Waals surface area contributed by atoms with Crippen molar-refractivity contribution >= 4 is 0 Å². The normalized spacial score (nSPS) is 13.4. The lowest BCUT2D eigenvalue weighted by Gasteiger charge is -2.15. The molecule has 0 radical (unpaired) electrons. The van der Waals surface area contributed by atoms with Crippen LogP contribution in [0.15, 0.2) is 6.20 Å². The second kappa shape index (κ2) is 3.86. The minimum atomic E-state index is 0.492. The Morgan fingerprint density at radius 2 is 1.69 bits per heavy atom. The monoisotopic (exact) mass is 178 g/mol.